The molecule has 35 heavy (non-hydrogen) atoms. The molecule has 184 valence electrons. The van der Waals surface area contributed by atoms with Crippen molar-refractivity contribution in [2.24, 2.45) is 5.41 Å². The number of halogens is 1. The van der Waals surface area contributed by atoms with Crippen LogP contribution in [0.15, 0.2) is 36.5 Å². The van der Waals surface area contributed by atoms with Crippen molar-refractivity contribution in [3.05, 3.63) is 59.2 Å². The highest BCUT2D eigenvalue weighted by Gasteiger charge is 2.45. The molecule has 0 amide bonds. The fourth-order valence-corrected chi connectivity index (χ4v) is 5.98. The molecule has 6 nitrogen and oxygen atoms in total. The van der Waals surface area contributed by atoms with E-state index in [1.807, 2.05) is 19.1 Å². The number of ether oxygens (including phenoxy) is 1. The highest BCUT2D eigenvalue weighted by molar-refractivity contribution is 5.99. The smallest absolute Gasteiger partial charge is 0.309 e. The van der Waals surface area contributed by atoms with E-state index in [0.717, 1.165) is 45.2 Å². The van der Waals surface area contributed by atoms with Crippen LogP contribution >= 0.6 is 0 Å². The minimum atomic E-state index is -0.758. The van der Waals surface area contributed by atoms with Crippen LogP contribution in [0.1, 0.15) is 62.8 Å². The molecular formula is C28H32FN3O3. The quantitative estimate of drug-likeness (QED) is 0.345. The molecule has 1 aliphatic rings. The third-order valence-corrected chi connectivity index (χ3v) is 7.78. The van der Waals surface area contributed by atoms with Crippen molar-refractivity contribution >= 4 is 27.8 Å². The van der Waals surface area contributed by atoms with Gasteiger partial charge in [-0.25, -0.2) is 4.39 Å². The SMILES string of the molecule is COCC(C)(C)c1c([C@@H]2CC[C@@](C)(C(=O)O)C2)c2cc3[nH]ncc3cc2n1-c1ccc(F)c(C)c1. The van der Waals surface area contributed by atoms with E-state index in [4.69, 9.17) is 4.74 Å². The van der Waals surface area contributed by atoms with Crippen molar-refractivity contribution in [3.63, 3.8) is 0 Å². The number of benzene rings is 2. The van der Waals surface area contributed by atoms with Gasteiger partial charge in [-0.3, -0.25) is 9.89 Å². The van der Waals surface area contributed by atoms with Gasteiger partial charge in [0.05, 0.1) is 29.3 Å². The van der Waals surface area contributed by atoms with Crippen LogP contribution in [0.25, 0.3) is 27.5 Å². The van der Waals surface area contributed by atoms with Crippen molar-refractivity contribution in [2.75, 3.05) is 13.7 Å². The van der Waals surface area contributed by atoms with Gasteiger partial charge in [-0.15, -0.1) is 0 Å². The average molecular weight is 478 g/mol. The lowest BCUT2D eigenvalue weighted by molar-refractivity contribution is -0.147. The van der Waals surface area contributed by atoms with Gasteiger partial charge in [-0.05, 0) is 80.5 Å². The fourth-order valence-electron chi connectivity index (χ4n) is 5.98. The number of carboxylic acid groups (broad SMARTS) is 1. The number of hydrogen-bond acceptors (Lipinski definition) is 3. The van der Waals surface area contributed by atoms with Gasteiger partial charge in [0.1, 0.15) is 5.82 Å². The second-order valence-corrected chi connectivity index (χ2v) is 11.0. The standard InChI is InChI=1S/C28H32FN3O3/c1-16-10-19(6-7-21(16)29)32-23-11-18-14-30-31-22(18)12-20(23)24(25(32)27(2,3)15-35-5)17-8-9-28(4,13-17)26(33)34/h6-7,10-12,14,17H,8-9,13,15H2,1-5H3,(H,30,31)(H,33,34)/t17-,28-/m1/s1. The van der Waals surface area contributed by atoms with Crippen molar-refractivity contribution in [1.82, 2.24) is 14.8 Å². The first kappa shape index (κ1) is 23.5. The predicted molar refractivity (Wildman–Crippen MR) is 135 cm³/mol. The Balaban J connectivity index is 1.88. The van der Waals surface area contributed by atoms with Crippen LogP contribution in [0, 0.1) is 18.2 Å². The minimum absolute atomic E-state index is 0.0768. The van der Waals surface area contributed by atoms with Crippen molar-refractivity contribution < 1.29 is 19.0 Å². The molecule has 5 rings (SSSR count). The number of carbonyl (C=O) groups is 1. The summed E-state index contributed by atoms with van der Waals surface area (Å²) in [5, 5.41) is 19.3. The molecule has 4 aromatic rings. The molecule has 1 aliphatic carbocycles. The molecular weight excluding hydrogens is 445 g/mol. The monoisotopic (exact) mass is 477 g/mol. The maximum Gasteiger partial charge on any atom is 0.309 e. The number of aliphatic carboxylic acids is 1. The van der Waals surface area contributed by atoms with Crippen molar-refractivity contribution in [1.29, 1.82) is 0 Å². The van der Waals surface area contributed by atoms with Gasteiger partial charge in [0.2, 0.25) is 0 Å². The summed E-state index contributed by atoms with van der Waals surface area (Å²) < 4.78 is 22.2. The number of nitrogens with zero attached hydrogens (tertiary/aromatic N) is 2. The number of H-pyrrole nitrogens is 1. The second-order valence-electron chi connectivity index (χ2n) is 11.0. The molecule has 7 heteroatoms. The molecule has 0 radical (unpaired) electrons. The van der Waals surface area contributed by atoms with Crippen LogP contribution in [0.5, 0.6) is 0 Å². The topological polar surface area (TPSA) is 80.1 Å². The molecule has 0 bridgehead atoms. The normalized spacial score (nSPS) is 20.8. The third kappa shape index (κ3) is 3.73. The predicted octanol–water partition coefficient (Wildman–Crippen LogP) is 6.24. The largest absolute Gasteiger partial charge is 0.481 e. The van der Waals surface area contributed by atoms with Gasteiger partial charge in [0.15, 0.2) is 0 Å². The first-order chi connectivity index (χ1) is 16.6. The van der Waals surface area contributed by atoms with E-state index in [0.29, 0.717) is 25.0 Å². The third-order valence-electron chi connectivity index (χ3n) is 7.78. The number of carboxylic acids is 1. The summed E-state index contributed by atoms with van der Waals surface area (Å²) in [6.45, 7) is 8.42. The Bertz CT molecular complexity index is 1450. The number of fused-ring (bicyclic) bond motifs is 2. The Labute approximate surface area is 204 Å². The molecule has 0 unspecified atom stereocenters. The molecule has 2 aromatic heterocycles. The molecule has 1 fully saturated rings. The van der Waals surface area contributed by atoms with Gasteiger partial charge in [0.25, 0.3) is 0 Å². The maximum atomic E-state index is 14.3. The molecule has 0 spiro atoms. The Morgan fingerprint density at radius 1 is 1.34 bits per heavy atom. The van der Waals surface area contributed by atoms with Gasteiger partial charge in [0, 0.05) is 34.7 Å². The van der Waals surface area contributed by atoms with Crippen LogP contribution in [0.4, 0.5) is 4.39 Å². The molecule has 2 heterocycles. The zero-order valence-electron chi connectivity index (χ0n) is 20.9. The van der Waals surface area contributed by atoms with E-state index in [2.05, 4.69) is 40.7 Å². The first-order valence-electron chi connectivity index (χ1n) is 12.1. The molecule has 2 atom stereocenters. The number of hydrogen-bond donors (Lipinski definition) is 2. The Morgan fingerprint density at radius 2 is 2.11 bits per heavy atom. The van der Waals surface area contributed by atoms with Crippen LogP contribution in [0.2, 0.25) is 0 Å². The summed E-state index contributed by atoms with van der Waals surface area (Å²) in [5.74, 6) is -0.909. The molecule has 2 aromatic carbocycles. The van der Waals surface area contributed by atoms with Crippen molar-refractivity contribution in [3.8, 4) is 5.69 Å². The van der Waals surface area contributed by atoms with E-state index >= 15 is 0 Å². The van der Waals surface area contributed by atoms with E-state index in [9.17, 15) is 14.3 Å². The number of aromatic amines is 1. The highest BCUT2D eigenvalue weighted by Crippen LogP contribution is 2.52. The molecule has 0 saturated heterocycles. The molecule has 2 N–H and O–H groups in total. The van der Waals surface area contributed by atoms with Gasteiger partial charge < -0.3 is 14.4 Å². The van der Waals surface area contributed by atoms with Crippen LogP contribution < -0.4 is 0 Å². The summed E-state index contributed by atoms with van der Waals surface area (Å²) in [6, 6.07) is 9.45. The van der Waals surface area contributed by atoms with E-state index in [1.54, 1.807) is 20.2 Å². The second kappa shape index (κ2) is 8.19. The lowest BCUT2D eigenvalue weighted by Crippen LogP contribution is -2.29. The zero-order chi connectivity index (χ0) is 25.1. The van der Waals surface area contributed by atoms with Gasteiger partial charge in [-0.1, -0.05) is 13.8 Å². The maximum absolute atomic E-state index is 14.3. The minimum Gasteiger partial charge on any atom is -0.481 e. The van der Waals surface area contributed by atoms with E-state index in [-0.39, 0.29) is 17.2 Å². The number of aromatic nitrogens is 3. The van der Waals surface area contributed by atoms with E-state index < -0.39 is 11.4 Å². The van der Waals surface area contributed by atoms with Crippen molar-refractivity contribution in [2.45, 2.75) is 58.3 Å². The Hall–Kier alpha value is -3.19. The van der Waals surface area contributed by atoms with Crippen LogP contribution in [-0.2, 0) is 14.9 Å². The molecule has 0 aliphatic heterocycles. The summed E-state index contributed by atoms with van der Waals surface area (Å²) in [5.41, 5.74) is 4.48. The van der Waals surface area contributed by atoms with Crippen LogP contribution in [0.3, 0.4) is 0 Å². The number of nitrogens with one attached hydrogen (secondary N) is 1. The molecule has 1 saturated carbocycles. The number of methoxy groups -OCH3 is 1. The van der Waals surface area contributed by atoms with E-state index in [1.165, 1.54) is 6.07 Å². The van der Waals surface area contributed by atoms with Gasteiger partial charge >= 0.3 is 5.97 Å². The average Bonchev–Trinajstić information content (AvgIpc) is 3.50. The van der Waals surface area contributed by atoms with Gasteiger partial charge in [-0.2, -0.15) is 5.10 Å². The lowest BCUT2D eigenvalue weighted by Gasteiger charge is -2.30. The zero-order valence-corrected chi connectivity index (χ0v) is 20.9. The highest BCUT2D eigenvalue weighted by atomic mass is 19.1. The summed E-state index contributed by atoms with van der Waals surface area (Å²) in [4.78, 5) is 12.1. The number of rotatable bonds is 6. The first-order valence-corrected chi connectivity index (χ1v) is 12.1. The number of aryl methyl sites for hydroxylation is 1. The summed E-state index contributed by atoms with van der Waals surface area (Å²) in [7, 11) is 1.70. The lowest BCUT2D eigenvalue weighted by atomic mass is 9.80. The fraction of sp³-hybridized carbons (Fsp3) is 0.429. The summed E-state index contributed by atoms with van der Waals surface area (Å²) in [6.07, 6.45) is 3.80. The Kier molecular flexibility index (Phi) is 5.51. The van der Waals surface area contributed by atoms with Crippen LogP contribution in [-0.4, -0.2) is 39.6 Å². The Morgan fingerprint density at radius 3 is 2.77 bits per heavy atom. The summed E-state index contributed by atoms with van der Waals surface area (Å²) >= 11 is 0.